The normalized spacial score (nSPS) is 16.2. The molecule has 29 heavy (non-hydrogen) atoms. The number of nitrogens with one attached hydrogen (secondary N) is 1. The Hall–Kier alpha value is -2.67. The summed E-state index contributed by atoms with van der Waals surface area (Å²) < 4.78 is 6.12. The zero-order valence-electron chi connectivity index (χ0n) is 16.4. The van der Waals surface area contributed by atoms with E-state index in [0.29, 0.717) is 24.4 Å². The third-order valence-electron chi connectivity index (χ3n) is 4.57. The van der Waals surface area contributed by atoms with E-state index in [1.54, 1.807) is 29.2 Å². The number of carbonyl (C=O) groups is 3. The molecule has 152 valence electrons. The number of hydrogen-bond acceptors (Lipinski definition) is 4. The minimum atomic E-state index is -0.429. The first-order valence-corrected chi connectivity index (χ1v) is 10.3. The van der Waals surface area contributed by atoms with Crippen molar-refractivity contribution in [3.63, 3.8) is 0 Å². The molecule has 0 unspecified atom stereocenters. The Labute approximate surface area is 178 Å². The maximum atomic E-state index is 12.6. The lowest BCUT2D eigenvalue weighted by molar-refractivity contribution is -0.122. The van der Waals surface area contributed by atoms with E-state index in [9.17, 15) is 14.4 Å². The fourth-order valence-electron chi connectivity index (χ4n) is 3.01. The highest BCUT2D eigenvalue weighted by Crippen LogP contribution is 2.27. The first kappa shape index (κ1) is 21.0. The van der Waals surface area contributed by atoms with E-state index in [1.807, 2.05) is 38.1 Å². The molecule has 1 heterocycles. The predicted octanol–water partition coefficient (Wildman–Crippen LogP) is 4.25. The van der Waals surface area contributed by atoms with Crippen molar-refractivity contribution in [3.05, 3.63) is 58.6 Å². The molecule has 1 aliphatic rings. The van der Waals surface area contributed by atoms with Gasteiger partial charge in [-0.25, -0.2) is 4.79 Å². The topological polar surface area (TPSA) is 75.7 Å². The zero-order chi connectivity index (χ0) is 21.0. The molecule has 0 bridgehead atoms. The molecule has 0 aliphatic carbocycles. The summed E-state index contributed by atoms with van der Waals surface area (Å²) in [6.45, 7) is 4.64. The van der Waals surface area contributed by atoms with Gasteiger partial charge >= 0.3 is 5.97 Å². The van der Waals surface area contributed by atoms with Crippen molar-refractivity contribution in [2.24, 2.45) is 11.8 Å². The Morgan fingerprint density at radius 2 is 1.79 bits per heavy atom. The smallest absolute Gasteiger partial charge is 0.338 e. The van der Waals surface area contributed by atoms with E-state index in [0.717, 1.165) is 10.2 Å². The molecule has 1 fully saturated rings. The molecule has 1 aliphatic heterocycles. The summed E-state index contributed by atoms with van der Waals surface area (Å²) in [6, 6.07) is 14.0. The number of nitrogens with zero attached hydrogens (tertiary/aromatic N) is 1. The monoisotopic (exact) mass is 458 g/mol. The van der Waals surface area contributed by atoms with Gasteiger partial charge in [-0.2, -0.15) is 0 Å². The Morgan fingerprint density at radius 3 is 2.41 bits per heavy atom. The summed E-state index contributed by atoms with van der Waals surface area (Å²) >= 11 is 3.37. The number of halogens is 1. The third-order valence-corrected chi connectivity index (χ3v) is 5.10. The molecule has 3 rings (SSSR count). The van der Waals surface area contributed by atoms with Crippen LogP contribution < -0.4 is 10.2 Å². The van der Waals surface area contributed by atoms with Crippen molar-refractivity contribution in [2.45, 2.75) is 20.3 Å². The number of ether oxygens (including phenoxy) is 1. The zero-order valence-corrected chi connectivity index (χ0v) is 17.9. The second-order valence-corrected chi connectivity index (χ2v) is 8.36. The van der Waals surface area contributed by atoms with Crippen LogP contribution in [0.2, 0.25) is 0 Å². The first-order valence-electron chi connectivity index (χ1n) is 9.47. The van der Waals surface area contributed by atoms with Crippen molar-refractivity contribution >= 4 is 45.1 Å². The summed E-state index contributed by atoms with van der Waals surface area (Å²) in [5.41, 5.74) is 1.78. The maximum absolute atomic E-state index is 12.6. The van der Waals surface area contributed by atoms with Gasteiger partial charge in [-0.3, -0.25) is 9.59 Å². The van der Waals surface area contributed by atoms with E-state index >= 15 is 0 Å². The van der Waals surface area contributed by atoms with Gasteiger partial charge < -0.3 is 15.0 Å². The van der Waals surface area contributed by atoms with E-state index in [4.69, 9.17) is 4.74 Å². The largest absolute Gasteiger partial charge is 0.462 e. The quantitative estimate of drug-likeness (QED) is 0.656. The summed E-state index contributed by atoms with van der Waals surface area (Å²) in [6.07, 6.45) is 0.168. The van der Waals surface area contributed by atoms with E-state index in [1.165, 1.54) is 0 Å². The van der Waals surface area contributed by atoms with Gasteiger partial charge in [0.05, 0.1) is 18.1 Å². The molecular weight excluding hydrogens is 436 g/mol. The summed E-state index contributed by atoms with van der Waals surface area (Å²) in [7, 11) is 0. The number of hydrogen-bond donors (Lipinski definition) is 1. The molecular formula is C22H23BrN2O4. The van der Waals surface area contributed by atoms with Crippen LogP contribution in [-0.2, 0) is 14.3 Å². The van der Waals surface area contributed by atoms with Crippen molar-refractivity contribution in [2.75, 3.05) is 23.4 Å². The van der Waals surface area contributed by atoms with Crippen LogP contribution in [0.15, 0.2) is 53.0 Å². The maximum Gasteiger partial charge on any atom is 0.338 e. The molecule has 1 N–H and O–H groups in total. The number of benzene rings is 2. The van der Waals surface area contributed by atoms with Crippen LogP contribution in [0, 0.1) is 11.8 Å². The lowest BCUT2D eigenvalue weighted by Crippen LogP contribution is -2.28. The average Bonchev–Trinajstić information content (AvgIpc) is 3.09. The fraction of sp³-hybridized carbons (Fsp3) is 0.318. The van der Waals surface area contributed by atoms with Gasteiger partial charge in [-0.1, -0.05) is 29.8 Å². The fourth-order valence-corrected chi connectivity index (χ4v) is 3.28. The molecule has 0 spiro atoms. The highest BCUT2D eigenvalue weighted by Gasteiger charge is 2.35. The van der Waals surface area contributed by atoms with Crippen LogP contribution in [0.3, 0.4) is 0 Å². The Bertz CT molecular complexity index is 894. The lowest BCUT2D eigenvalue weighted by atomic mass is 10.1. The third kappa shape index (κ3) is 5.44. The van der Waals surface area contributed by atoms with Gasteiger partial charge in [0.25, 0.3) is 0 Å². The van der Waals surface area contributed by atoms with Crippen LogP contribution in [-0.4, -0.2) is 30.9 Å². The molecule has 7 heteroatoms. The molecule has 0 saturated carbocycles. The number of rotatable bonds is 6. The number of anilines is 2. The molecule has 0 radical (unpaired) electrons. The molecule has 0 aromatic heterocycles. The van der Waals surface area contributed by atoms with E-state index in [2.05, 4.69) is 21.2 Å². The summed E-state index contributed by atoms with van der Waals surface area (Å²) in [4.78, 5) is 38.5. The molecule has 1 atom stereocenters. The minimum Gasteiger partial charge on any atom is -0.462 e. The van der Waals surface area contributed by atoms with Gasteiger partial charge in [-0.05, 0) is 54.4 Å². The van der Waals surface area contributed by atoms with Crippen molar-refractivity contribution < 1.29 is 19.1 Å². The van der Waals surface area contributed by atoms with Crippen LogP contribution in [0.5, 0.6) is 0 Å². The van der Waals surface area contributed by atoms with Crippen LogP contribution in [0.25, 0.3) is 0 Å². The second kappa shape index (κ2) is 9.22. The van der Waals surface area contributed by atoms with Crippen molar-refractivity contribution in [3.8, 4) is 0 Å². The van der Waals surface area contributed by atoms with Crippen LogP contribution in [0.4, 0.5) is 11.4 Å². The lowest BCUT2D eigenvalue weighted by Gasteiger charge is -2.17. The molecule has 1 saturated heterocycles. The van der Waals surface area contributed by atoms with Gasteiger partial charge in [0.2, 0.25) is 11.8 Å². The number of esters is 1. The highest BCUT2D eigenvalue weighted by molar-refractivity contribution is 9.10. The van der Waals surface area contributed by atoms with Crippen molar-refractivity contribution in [1.29, 1.82) is 0 Å². The standard InChI is InChI=1S/C22H23BrN2O4/c1-14(2)13-29-22(28)15-3-7-18(8-4-15)24-21(27)16-11-20(26)25(12-16)19-9-5-17(23)6-10-19/h3-10,14,16H,11-13H2,1-2H3,(H,24,27)/t16-/m1/s1. The molecule has 2 aromatic rings. The van der Waals surface area contributed by atoms with Gasteiger partial charge in [0.15, 0.2) is 0 Å². The molecule has 2 aromatic carbocycles. The molecule has 2 amide bonds. The highest BCUT2D eigenvalue weighted by atomic mass is 79.9. The van der Waals surface area contributed by atoms with Crippen molar-refractivity contribution in [1.82, 2.24) is 0 Å². The SMILES string of the molecule is CC(C)COC(=O)c1ccc(NC(=O)[C@@H]2CC(=O)N(c3ccc(Br)cc3)C2)cc1. The van der Waals surface area contributed by atoms with Gasteiger partial charge in [0.1, 0.15) is 0 Å². The number of carbonyl (C=O) groups excluding carboxylic acids is 3. The van der Waals surface area contributed by atoms with Gasteiger partial charge in [-0.15, -0.1) is 0 Å². The predicted molar refractivity (Wildman–Crippen MR) is 115 cm³/mol. The number of amides is 2. The summed E-state index contributed by atoms with van der Waals surface area (Å²) in [5.74, 6) is -0.836. The second-order valence-electron chi connectivity index (χ2n) is 7.44. The van der Waals surface area contributed by atoms with Crippen LogP contribution in [0.1, 0.15) is 30.6 Å². The Morgan fingerprint density at radius 1 is 1.14 bits per heavy atom. The van der Waals surface area contributed by atoms with E-state index < -0.39 is 5.92 Å². The van der Waals surface area contributed by atoms with E-state index in [-0.39, 0.29) is 30.1 Å². The molecule has 6 nitrogen and oxygen atoms in total. The van der Waals surface area contributed by atoms with Crippen LogP contribution >= 0.6 is 15.9 Å². The van der Waals surface area contributed by atoms with Gasteiger partial charge in [0, 0.05) is 28.8 Å². The average molecular weight is 459 g/mol. The Kier molecular flexibility index (Phi) is 6.69. The Balaban J connectivity index is 1.58. The summed E-state index contributed by atoms with van der Waals surface area (Å²) in [5, 5.41) is 2.82. The minimum absolute atomic E-state index is 0.0734. The first-order chi connectivity index (χ1) is 13.8.